The van der Waals surface area contributed by atoms with Crippen LogP contribution < -0.4 is 0 Å². The molecule has 0 bridgehead atoms. The van der Waals surface area contributed by atoms with Gasteiger partial charge in [-0.15, -0.1) is 0 Å². The summed E-state index contributed by atoms with van der Waals surface area (Å²) in [7, 11) is 0. The van der Waals surface area contributed by atoms with Crippen LogP contribution in [0.15, 0.2) is 46.0 Å². The summed E-state index contributed by atoms with van der Waals surface area (Å²) in [5, 5.41) is 1.54. The van der Waals surface area contributed by atoms with Gasteiger partial charge >= 0.3 is 5.22 Å². The molecule has 0 fully saturated rings. The first kappa shape index (κ1) is 15.0. The van der Waals surface area contributed by atoms with Crippen LogP contribution in [-0.4, -0.2) is 9.54 Å². The Morgan fingerprint density at radius 1 is 1.05 bits per heavy atom. The largest absolute Gasteiger partial charge is 0.607 e. The highest BCUT2D eigenvalue weighted by atomic mass is 35.5. The zero-order valence-corrected chi connectivity index (χ0v) is 13.6. The summed E-state index contributed by atoms with van der Waals surface area (Å²) in [5.74, 6) is 0.297. The monoisotopic (exact) mass is 359 g/mol. The van der Waals surface area contributed by atoms with Gasteiger partial charge < -0.3 is 8.97 Å². The number of aromatic nitrogens is 1. The Hall–Kier alpha value is -0.910. The molecule has 0 saturated carbocycles. The number of hydrogen-bond acceptors (Lipinski definition) is 3. The molecular formula is C14H8Cl3NO2S. The van der Waals surface area contributed by atoms with E-state index in [2.05, 4.69) is 4.98 Å². The molecule has 1 heterocycles. The van der Waals surface area contributed by atoms with Gasteiger partial charge in [0.1, 0.15) is 11.3 Å². The first-order valence-electron chi connectivity index (χ1n) is 5.91. The standard InChI is InChI=1S/C14H8Cl3NO2S/c15-9-3-1-8(2-4-9)7-21(19)14-18-12-5-10(16)11(17)6-13(12)20-14/h1-6H,7H2. The van der Waals surface area contributed by atoms with Crippen molar-refractivity contribution < 1.29 is 8.97 Å². The predicted octanol–water partition coefficient (Wildman–Crippen LogP) is 5.10. The molecule has 0 aliphatic heterocycles. The summed E-state index contributed by atoms with van der Waals surface area (Å²) < 4.78 is 17.8. The van der Waals surface area contributed by atoms with Crippen molar-refractivity contribution in [3.05, 3.63) is 57.0 Å². The Morgan fingerprint density at radius 2 is 1.71 bits per heavy atom. The minimum Gasteiger partial charge on any atom is -0.607 e. The maximum atomic E-state index is 12.3. The van der Waals surface area contributed by atoms with Crippen LogP contribution in [0.5, 0.6) is 0 Å². The second-order valence-electron chi connectivity index (χ2n) is 4.33. The van der Waals surface area contributed by atoms with E-state index in [4.69, 9.17) is 39.2 Å². The second kappa shape index (κ2) is 6.07. The van der Waals surface area contributed by atoms with E-state index in [0.717, 1.165) is 5.56 Å². The lowest BCUT2D eigenvalue weighted by molar-refractivity contribution is 0.458. The fourth-order valence-corrected chi connectivity index (χ4v) is 3.23. The van der Waals surface area contributed by atoms with Crippen LogP contribution in [0.25, 0.3) is 11.1 Å². The summed E-state index contributed by atoms with van der Waals surface area (Å²) in [6, 6.07) is 10.3. The molecule has 0 amide bonds. The average molecular weight is 361 g/mol. The first-order valence-corrected chi connectivity index (χ1v) is 8.36. The van der Waals surface area contributed by atoms with Crippen LogP contribution >= 0.6 is 34.8 Å². The van der Waals surface area contributed by atoms with E-state index in [1.54, 1.807) is 24.3 Å². The van der Waals surface area contributed by atoms with Crippen molar-refractivity contribution >= 4 is 57.1 Å². The molecule has 0 N–H and O–H groups in total. The molecular weight excluding hydrogens is 353 g/mol. The summed E-state index contributed by atoms with van der Waals surface area (Å²) in [5.41, 5.74) is 1.88. The third kappa shape index (κ3) is 3.30. The lowest BCUT2D eigenvalue weighted by atomic mass is 10.2. The molecule has 7 heteroatoms. The highest BCUT2D eigenvalue weighted by Gasteiger charge is 2.20. The summed E-state index contributed by atoms with van der Waals surface area (Å²) >= 11 is 16.3. The highest BCUT2D eigenvalue weighted by Crippen LogP contribution is 2.30. The number of benzene rings is 2. The maximum Gasteiger partial charge on any atom is 0.416 e. The number of halogens is 3. The fourth-order valence-electron chi connectivity index (χ4n) is 1.79. The molecule has 2 aromatic carbocycles. The third-order valence-electron chi connectivity index (χ3n) is 2.82. The van der Waals surface area contributed by atoms with Gasteiger partial charge in [0.2, 0.25) is 0 Å². The molecule has 108 valence electrons. The van der Waals surface area contributed by atoms with Crippen LogP contribution in [0.4, 0.5) is 0 Å². The van der Waals surface area contributed by atoms with E-state index in [1.807, 2.05) is 12.1 Å². The zero-order chi connectivity index (χ0) is 15.0. The predicted molar refractivity (Wildman–Crippen MR) is 85.6 cm³/mol. The van der Waals surface area contributed by atoms with Gasteiger partial charge in [0.05, 0.1) is 21.2 Å². The molecule has 3 aromatic rings. The minimum atomic E-state index is -1.39. The molecule has 1 aromatic heterocycles. The minimum absolute atomic E-state index is 0.151. The fraction of sp³-hybridized carbons (Fsp3) is 0.0714. The molecule has 1 atom stereocenters. The van der Waals surface area contributed by atoms with Crippen LogP contribution in [0.1, 0.15) is 5.56 Å². The molecule has 0 spiro atoms. The van der Waals surface area contributed by atoms with E-state index >= 15 is 0 Å². The van der Waals surface area contributed by atoms with Crippen LogP contribution in [0.2, 0.25) is 15.1 Å². The van der Waals surface area contributed by atoms with E-state index in [1.165, 1.54) is 0 Å². The van der Waals surface area contributed by atoms with Gasteiger partial charge in [0.25, 0.3) is 0 Å². The third-order valence-corrected chi connectivity index (χ3v) is 4.95. The molecule has 1 unspecified atom stereocenters. The van der Waals surface area contributed by atoms with E-state index in [-0.39, 0.29) is 5.22 Å². The van der Waals surface area contributed by atoms with Gasteiger partial charge in [-0.2, -0.15) is 4.98 Å². The normalized spacial score (nSPS) is 12.8. The van der Waals surface area contributed by atoms with E-state index < -0.39 is 11.2 Å². The van der Waals surface area contributed by atoms with Crippen LogP contribution in [0, 0.1) is 0 Å². The van der Waals surface area contributed by atoms with Gasteiger partial charge in [0, 0.05) is 16.7 Å². The van der Waals surface area contributed by atoms with Crippen molar-refractivity contribution in [1.82, 2.24) is 4.98 Å². The Morgan fingerprint density at radius 3 is 2.43 bits per heavy atom. The summed E-state index contributed by atoms with van der Waals surface area (Å²) in [6.45, 7) is 0. The van der Waals surface area contributed by atoms with Gasteiger partial charge in [-0.05, 0) is 18.2 Å². The molecule has 3 rings (SSSR count). The van der Waals surface area contributed by atoms with Crippen LogP contribution in [-0.2, 0) is 16.9 Å². The maximum absolute atomic E-state index is 12.3. The van der Waals surface area contributed by atoms with Crippen molar-refractivity contribution in [3.8, 4) is 0 Å². The molecule has 0 radical (unpaired) electrons. The Bertz CT molecular complexity index is 750. The Labute approximate surface area is 139 Å². The van der Waals surface area contributed by atoms with E-state index in [0.29, 0.717) is 31.9 Å². The lowest BCUT2D eigenvalue weighted by Gasteiger charge is -2.05. The quantitative estimate of drug-likeness (QED) is 0.611. The smallest absolute Gasteiger partial charge is 0.416 e. The van der Waals surface area contributed by atoms with Crippen molar-refractivity contribution in [2.24, 2.45) is 0 Å². The average Bonchev–Trinajstić information content (AvgIpc) is 2.85. The van der Waals surface area contributed by atoms with Crippen molar-refractivity contribution in [3.63, 3.8) is 0 Å². The zero-order valence-electron chi connectivity index (χ0n) is 10.5. The molecule has 21 heavy (non-hydrogen) atoms. The number of fused-ring (bicyclic) bond motifs is 1. The van der Waals surface area contributed by atoms with Crippen molar-refractivity contribution in [2.75, 3.05) is 0 Å². The molecule has 0 aliphatic carbocycles. The number of oxazole rings is 1. The summed E-state index contributed by atoms with van der Waals surface area (Å²) in [6.07, 6.45) is 0. The van der Waals surface area contributed by atoms with E-state index in [9.17, 15) is 4.55 Å². The van der Waals surface area contributed by atoms with Gasteiger partial charge in [-0.25, -0.2) is 0 Å². The van der Waals surface area contributed by atoms with Crippen molar-refractivity contribution in [1.29, 1.82) is 0 Å². The van der Waals surface area contributed by atoms with Gasteiger partial charge in [-0.3, -0.25) is 0 Å². The second-order valence-corrected chi connectivity index (χ2v) is 6.91. The first-order chi connectivity index (χ1) is 10.0. The Kier molecular flexibility index (Phi) is 4.33. The van der Waals surface area contributed by atoms with Gasteiger partial charge in [-0.1, -0.05) is 46.9 Å². The SMILES string of the molecule is [O-][S+](Cc1ccc(Cl)cc1)c1nc2cc(Cl)c(Cl)cc2o1. The summed E-state index contributed by atoms with van der Waals surface area (Å²) in [4.78, 5) is 4.19. The van der Waals surface area contributed by atoms with Gasteiger partial charge in [0.15, 0.2) is 5.58 Å². The topological polar surface area (TPSA) is 49.1 Å². The molecule has 0 aliphatic rings. The van der Waals surface area contributed by atoms with Crippen LogP contribution in [0.3, 0.4) is 0 Å². The highest BCUT2D eigenvalue weighted by molar-refractivity contribution is 7.90. The number of nitrogens with zero attached hydrogens (tertiary/aromatic N) is 1. The number of hydrogen-bond donors (Lipinski definition) is 0. The molecule has 0 saturated heterocycles. The molecule has 3 nitrogen and oxygen atoms in total. The lowest BCUT2D eigenvalue weighted by Crippen LogP contribution is -2.05. The Balaban J connectivity index is 1.87. The number of rotatable bonds is 3. The van der Waals surface area contributed by atoms with Crippen molar-refractivity contribution in [2.45, 2.75) is 11.0 Å².